The Hall–Kier alpha value is -2.87. The van der Waals surface area contributed by atoms with Crippen LogP contribution in [-0.4, -0.2) is 18.7 Å². The summed E-state index contributed by atoms with van der Waals surface area (Å²) in [5.41, 5.74) is 6.60. The van der Waals surface area contributed by atoms with Crippen LogP contribution in [0.4, 0.5) is 0 Å². The molecule has 0 unspecified atom stereocenters. The molecule has 6 heteroatoms. The van der Waals surface area contributed by atoms with Crippen molar-refractivity contribution < 1.29 is 14.3 Å². The number of ether oxygens (including phenoxy) is 2. The number of amides is 1. The summed E-state index contributed by atoms with van der Waals surface area (Å²) in [5.74, 6) is 1.19. The van der Waals surface area contributed by atoms with Crippen molar-refractivity contribution in [2.75, 3.05) is 6.61 Å². The van der Waals surface area contributed by atoms with E-state index in [0.29, 0.717) is 24.7 Å². The highest BCUT2D eigenvalue weighted by Crippen LogP contribution is 2.34. The van der Waals surface area contributed by atoms with E-state index in [4.69, 9.17) is 9.47 Å². The summed E-state index contributed by atoms with van der Waals surface area (Å²) < 4.78 is 12.7. The van der Waals surface area contributed by atoms with Crippen LogP contribution in [0.15, 0.2) is 71.8 Å². The SMILES string of the molecule is CCOc1cc(/C=N/NC(=O)Cc2ccc(C)cc2)cc(I)c1OCc1ccccc1. The number of rotatable bonds is 9. The van der Waals surface area contributed by atoms with E-state index in [1.54, 1.807) is 6.21 Å². The van der Waals surface area contributed by atoms with Crippen LogP contribution in [0.5, 0.6) is 11.5 Å². The number of benzene rings is 3. The number of carbonyl (C=O) groups excluding carboxylic acids is 1. The second kappa shape index (κ2) is 11.5. The molecule has 3 rings (SSSR count). The zero-order chi connectivity index (χ0) is 22.1. The van der Waals surface area contributed by atoms with E-state index in [2.05, 4.69) is 33.1 Å². The van der Waals surface area contributed by atoms with Crippen molar-refractivity contribution in [3.05, 3.63) is 92.6 Å². The maximum absolute atomic E-state index is 12.1. The van der Waals surface area contributed by atoms with Gasteiger partial charge in [0.05, 0.1) is 22.8 Å². The van der Waals surface area contributed by atoms with Crippen LogP contribution in [-0.2, 0) is 17.8 Å². The van der Waals surface area contributed by atoms with Crippen molar-refractivity contribution in [1.29, 1.82) is 0 Å². The minimum atomic E-state index is -0.164. The third kappa shape index (κ3) is 7.10. The van der Waals surface area contributed by atoms with E-state index < -0.39 is 0 Å². The van der Waals surface area contributed by atoms with E-state index in [-0.39, 0.29) is 12.3 Å². The van der Waals surface area contributed by atoms with Crippen molar-refractivity contribution in [3.63, 3.8) is 0 Å². The molecule has 0 bridgehead atoms. The summed E-state index contributed by atoms with van der Waals surface area (Å²) in [5, 5.41) is 4.10. The zero-order valence-corrected chi connectivity index (χ0v) is 19.8. The zero-order valence-electron chi connectivity index (χ0n) is 17.6. The largest absolute Gasteiger partial charge is 0.490 e. The fraction of sp³-hybridized carbons (Fsp3) is 0.200. The highest BCUT2D eigenvalue weighted by atomic mass is 127. The molecule has 0 atom stereocenters. The lowest BCUT2D eigenvalue weighted by Crippen LogP contribution is -2.19. The van der Waals surface area contributed by atoms with Crippen molar-refractivity contribution in [2.45, 2.75) is 26.9 Å². The molecule has 0 aromatic heterocycles. The number of hydrazone groups is 1. The molecule has 3 aromatic carbocycles. The molecule has 5 nitrogen and oxygen atoms in total. The maximum atomic E-state index is 12.1. The van der Waals surface area contributed by atoms with Crippen LogP contribution in [0.3, 0.4) is 0 Å². The fourth-order valence-corrected chi connectivity index (χ4v) is 3.69. The minimum absolute atomic E-state index is 0.164. The standard InChI is InChI=1S/C25H25IN2O3/c1-3-30-23-14-21(13-22(26)25(23)31-17-20-7-5-4-6-8-20)16-27-28-24(29)15-19-11-9-18(2)10-12-19/h4-14,16H,3,15,17H2,1-2H3,(H,28,29)/b27-16+. The molecule has 0 aliphatic rings. The number of aryl methyl sites for hydroxylation is 1. The Morgan fingerprint density at radius 1 is 1.03 bits per heavy atom. The average Bonchev–Trinajstić information content (AvgIpc) is 2.76. The molecule has 0 radical (unpaired) electrons. The molecule has 160 valence electrons. The van der Waals surface area contributed by atoms with Gasteiger partial charge in [0.15, 0.2) is 11.5 Å². The first-order valence-electron chi connectivity index (χ1n) is 10.1. The molecule has 1 N–H and O–H groups in total. The molecule has 0 aliphatic carbocycles. The Balaban J connectivity index is 1.65. The molecule has 0 aliphatic heterocycles. The van der Waals surface area contributed by atoms with Gasteiger partial charge in [0, 0.05) is 0 Å². The van der Waals surface area contributed by atoms with Gasteiger partial charge in [-0.15, -0.1) is 0 Å². The van der Waals surface area contributed by atoms with E-state index >= 15 is 0 Å². The number of hydrogen-bond acceptors (Lipinski definition) is 4. The van der Waals surface area contributed by atoms with E-state index in [1.165, 1.54) is 0 Å². The van der Waals surface area contributed by atoms with Crippen molar-refractivity contribution in [1.82, 2.24) is 5.43 Å². The quantitative estimate of drug-likeness (QED) is 0.234. The molecule has 0 heterocycles. The average molecular weight is 528 g/mol. The van der Waals surface area contributed by atoms with Crippen LogP contribution < -0.4 is 14.9 Å². The van der Waals surface area contributed by atoms with Gasteiger partial charge in [0.2, 0.25) is 5.91 Å². The van der Waals surface area contributed by atoms with Crippen molar-refractivity contribution in [3.8, 4) is 11.5 Å². The molecule has 31 heavy (non-hydrogen) atoms. The summed E-state index contributed by atoms with van der Waals surface area (Å²) in [6.45, 7) is 4.93. The van der Waals surface area contributed by atoms with Crippen molar-refractivity contribution in [2.24, 2.45) is 5.10 Å². The molecular weight excluding hydrogens is 503 g/mol. The molecule has 1 amide bonds. The van der Waals surface area contributed by atoms with Gasteiger partial charge in [-0.25, -0.2) is 5.43 Å². The second-order valence-corrected chi connectivity index (χ2v) is 8.16. The monoisotopic (exact) mass is 528 g/mol. The lowest BCUT2D eigenvalue weighted by Gasteiger charge is -2.14. The van der Waals surface area contributed by atoms with Gasteiger partial charge in [0.1, 0.15) is 6.61 Å². The van der Waals surface area contributed by atoms with Gasteiger partial charge in [-0.2, -0.15) is 5.10 Å². The Bertz CT molecular complexity index is 1030. The minimum Gasteiger partial charge on any atom is -0.490 e. The Morgan fingerprint density at radius 2 is 1.77 bits per heavy atom. The van der Waals surface area contributed by atoms with E-state index in [0.717, 1.165) is 25.8 Å². The smallest absolute Gasteiger partial charge is 0.244 e. The highest BCUT2D eigenvalue weighted by Gasteiger charge is 2.12. The number of halogens is 1. The topological polar surface area (TPSA) is 59.9 Å². The normalized spacial score (nSPS) is 10.8. The van der Waals surface area contributed by atoms with Crippen LogP contribution in [0.2, 0.25) is 0 Å². The summed E-state index contributed by atoms with van der Waals surface area (Å²) in [4.78, 5) is 12.1. The van der Waals surface area contributed by atoms with Gasteiger partial charge < -0.3 is 9.47 Å². The fourth-order valence-electron chi connectivity index (χ4n) is 2.90. The third-order valence-corrected chi connectivity index (χ3v) is 5.25. The maximum Gasteiger partial charge on any atom is 0.244 e. The number of carbonyl (C=O) groups is 1. The van der Waals surface area contributed by atoms with Gasteiger partial charge in [0.25, 0.3) is 0 Å². The van der Waals surface area contributed by atoms with Gasteiger partial charge in [-0.05, 0) is 65.3 Å². The first-order valence-corrected chi connectivity index (χ1v) is 11.1. The molecule has 0 fully saturated rings. The summed E-state index contributed by atoms with van der Waals surface area (Å²) in [6, 6.07) is 21.7. The van der Waals surface area contributed by atoms with Gasteiger partial charge >= 0.3 is 0 Å². The summed E-state index contributed by atoms with van der Waals surface area (Å²) >= 11 is 2.22. The Labute approximate surface area is 196 Å². The third-order valence-electron chi connectivity index (χ3n) is 4.45. The van der Waals surface area contributed by atoms with E-state index in [9.17, 15) is 4.79 Å². The molecule has 3 aromatic rings. The van der Waals surface area contributed by atoms with Gasteiger partial charge in [-0.3, -0.25) is 4.79 Å². The lowest BCUT2D eigenvalue weighted by atomic mass is 10.1. The number of hydrogen-bond donors (Lipinski definition) is 1. The molecule has 0 saturated heterocycles. The molecule has 0 saturated carbocycles. The van der Waals surface area contributed by atoms with Crippen LogP contribution >= 0.6 is 22.6 Å². The Kier molecular flexibility index (Phi) is 8.46. The van der Waals surface area contributed by atoms with Crippen LogP contribution in [0, 0.1) is 10.5 Å². The second-order valence-electron chi connectivity index (χ2n) is 6.99. The summed E-state index contributed by atoms with van der Waals surface area (Å²) in [6.07, 6.45) is 1.89. The van der Waals surface area contributed by atoms with Crippen LogP contribution in [0.1, 0.15) is 29.2 Å². The first kappa shape index (κ1) is 22.8. The van der Waals surface area contributed by atoms with Crippen molar-refractivity contribution >= 4 is 34.7 Å². The van der Waals surface area contributed by atoms with E-state index in [1.807, 2.05) is 80.6 Å². The number of nitrogens with zero attached hydrogens (tertiary/aromatic N) is 1. The Morgan fingerprint density at radius 3 is 2.48 bits per heavy atom. The highest BCUT2D eigenvalue weighted by molar-refractivity contribution is 14.1. The predicted molar refractivity (Wildman–Crippen MR) is 132 cm³/mol. The summed E-state index contributed by atoms with van der Waals surface area (Å²) in [7, 11) is 0. The first-order chi connectivity index (χ1) is 15.0. The lowest BCUT2D eigenvalue weighted by molar-refractivity contribution is -0.120. The molecular formula is C25H25IN2O3. The predicted octanol–water partition coefficient (Wildman–Crippen LogP) is 5.27. The molecule has 0 spiro atoms. The van der Waals surface area contributed by atoms with Gasteiger partial charge in [-0.1, -0.05) is 60.2 Å². The van der Waals surface area contributed by atoms with Crippen LogP contribution in [0.25, 0.3) is 0 Å². The number of nitrogens with one attached hydrogen (secondary N) is 1.